The molecule has 0 heterocycles. The number of hydrogen-bond donors (Lipinski definition) is 1. The number of aliphatic imine (C=N–C) groups is 1. The van der Waals surface area contributed by atoms with Crippen molar-refractivity contribution in [1.82, 2.24) is 4.83 Å². The number of nitrogens with zero attached hydrogens (tertiary/aromatic N) is 2. The Morgan fingerprint density at radius 3 is 2.00 bits per heavy atom. The van der Waals surface area contributed by atoms with E-state index >= 15 is 0 Å². The first-order valence-electron chi connectivity index (χ1n) is 11.6. The predicted octanol–water partition coefficient (Wildman–Crippen LogP) is 6.07. The van der Waals surface area contributed by atoms with Crippen molar-refractivity contribution < 1.29 is 13.2 Å². The molecule has 6 nitrogen and oxygen atoms in total. The molecule has 0 unspecified atom stereocenters. The molecule has 0 fully saturated rings. The van der Waals surface area contributed by atoms with Gasteiger partial charge in [-0.15, -0.1) is 0 Å². The maximum absolute atomic E-state index is 13.0. The largest absolute Gasteiger partial charge is 0.437 e. The number of rotatable bonds is 9. The molecule has 0 aromatic heterocycles. The maximum atomic E-state index is 13.0. The lowest BCUT2D eigenvalue weighted by Crippen LogP contribution is -2.27. The molecule has 36 heavy (non-hydrogen) atoms. The third-order valence-electron chi connectivity index (χ3n) is 5.32. The fraction of sp³-hybridized carbons (Fsp3) is 0.103. The minimum absolute atomic E-state index is 0.129. The highest BCUT2D eigenvalue weighted by Gasteiger charge is 2.18. The predicted molar refractivity (Wildman–Crippen MR) is 144 cm³/mol. The summed E-state index contributed by atoms with van der Waals surface area (Å²) < 4.78 is 32.1. The zero-order valence-electron chi connectivity index (χ0n) is 19.9. The molecule has 0 aliphatic rings. The van der Waals surface area contributed by atoms with E-state index in [1.807, 2.05) is 97.9 Å². The zero-order valence-corrected chi connectivity index (χ0v) is 20.7. The number of nitrogens with one attached hydrogen (secondary N) is 1. The van der Waals surface area contributed by atoms with Crippen LogP contribution in [0, 0.1) is 6.92 Å². The molecule has 4 aromatic rings. The van der Waals surface area contributed by atoms with Crippen LogP contribution < -0.4 is 9.57 Å². The highest BCUT2D eigenvalue weighted by Crippen LogP contribution is 2.17. The molecule has 182 valence electrons. The Kier molecular flexibility index (Phi) is 8.26. The van der Waals surface area contributed by atoms with Crippen molar-refractivity contribution in [3.05, 3.63) is 126 Å². The first-order valence-corrected chi connectivity index (χ1v) is 13.0. The SMILES string of the molecule is Cc1ccc(S(=O)(=O)N/N=C(\CCc2ccccc2)C(=Nc2ccccc2)Oc2ccccc2)cc1. The lowest BCUT2D eigenvalue weighted by molar-refractivity contribution is 0.558. The normalized spacial score (nSPS) is 12.2. The van der Waals surface area contributed by atoms with Gasteiger partial charge in [-0.3, -0.25) is 0 Å². The molecular weight excluding hydrogens is 470 g/mol. The minimum atomic E-state index is -3.88. The van der Waals surface area contributed by atoms with Crippen LogP contribution >= 0.6 is 0 Å². The Hall–Kier alpha value is -4.23. The van der Waals surface area contributed by atoms with E-state index in [1.165, 1.54) is 0 Å². The molecule has 0 saturated heterocycles. The van der Waals surface area contributed by atoms with E-state index in [-0.39, 0.29) is 10.8 Å². The van der Waals surface area contributed by atoms with E-state index in [4.69, 9.17) is 4.74 Å². The third-order valence-corrected chi connectivity index (χ3v) is 6.54. The van der Waals surface area contributed by atoms with Crippen LogP contribution in [0.5, 0.6) is 5.75 Å². The number of hydrazone groups is 1. The lowest BCUT2D eigenvalue weighted by atomic mass is 10.1. The summed E-state index contributed by atoms with van der Waals surface area (Å²) in [5.41, 5.74) is 3.10. The number of aryl methyl sites for hydroxylation is 2. The van der Waals surface area contributed by atoms with Gasteiger partial charge in [0, 0.05) is 6.42 Å². The van der Waals surface area contributed by atoms with E-state index in [0.29, 0.717) is 30.0 Å². The Balaban J connectivity index is 1.71. The summed E-state index contributed by atoms with van der Waals surface area (Å²) in [4.78, 5) is 7.19. The van der Waals surface area contributed by atoms with Gasteiger partial charge in [0.05, 0.1) is 10.6 Å². The third kappa shape index (κ3) is 7.13. The van der Waals surface area contributed by atoms with Crippen molar-refractivity contribution in [2.75, 3.05) is 0 Å². The number of ether oxygens (including phenoxy) is 1. The van der Waals surface area contributed by atoms with Crippen LogP contribution in [0.2, 0.25) is 0 Å². The Bertz CT molecular complexity index is 1420. The van der Waals surface area contributed by atoms with Crippen molar-refractivity contribution >= 4 is 27.3 Å². The van der Waals surface area contributed by atoms with Gasteiger partial charge in [0.2, 0.25) is 5.90 Å². The molecule has 0 aliphatic carbocycles. The van der Waals surface area contributed by atoms with Gasteiger partial charge in [-0.1, -0.05) is 84.4 Å². The van der Waals surface area contributed by atoms with Crippen molar-refractivity contribution in [3.63, 3.8) is 0 Å². The molecule has 0 saturated carbocycles. The van der Waals surface area contributed by atoms with E-state index in [0.717, 1.165) is 11.1 Å². The van der Waals surface area contributed by atoms with Crippen molar-refractivity contribution in [1.29, 1.82) is 0 Å². The van der Waals surface area contributed by atoms with Gasteiger partial charge in [-0.05, 0) is 55.3 Å². The highest BCUT2D eigenvalue weighted by molar-refractivity contribution is 7.89. The molecule has 0 aliphatic heterocycles. The van der Waals surface area contributed by atoms with Crippen LogP contribution in [0.15, 0.2) is 130 Å². The van der Waals surface area contributed by atoms with Crippen LogP contribution in [0.3, 0.4) is 0 Å². The van der Waals surface area contributed by atoms with Gasteiger partial charge < -0.3 is 4.74 Å². The first kappa shape index (κ1) is 24.9. The smallest absolute Gasteiger partial charge is 0.276 e. The average molecular weight is 498 g/mol. The van der Waals surface area contributed by atoms with Crippen molar-refractivity contribution in [2.45, 2.75) is 24.7 Å². The summed E-state index contributed by atoms with van der Waals surface area (Å²) in [6, 6.07) is 35.1. The first-order chi connectivity index (χ1) is 17.5. The standard InChI is InChI=1S/C29H27N3O3S/c1-23-17-20-27(21-18-23)36(33,34)32-31-28(22-19-24-11-5-2-6-12-24)29(30-25-13-7-3-8-14-25)35-26-15-9-4-10-16-26/h2-18,20-21,32H,19,22H2,1H3/b30-29?,31-28+. The van der Waals surface area contributed by atoms with Crippen LogP contribution in [-0.4, -0.2) is 20.0 Å². The fourth-order valence-corrected chi connectivity index (χ4v) is 4.20. The summed E-state index contributed by atoms with van der Waals surface area (Å²) in [6.07, 6.45) is 1.02. The summed E-state index contributed by atoms with van der Waals surface area (Å²) in [5, 5.41) is 4.32. The molecule has 0 atom stereocenters. The lowest BCUT2D eigenvalue weighted by Gasteiger charge is -2.13. The number of sulfonamides is 1. The van der Waals surface area contributed by atoms with Gasteiger partial charge in [-0.2, -0.15) is 18.4 Å². The van der Waals surface area contributed by atoms with Crippen LogP contribution in [0.1, 0.15) is 17.5 Å². The van der Waals surface area contributed by atoms with Crippen LogP contribution in [0.25, 0.3) is 0 Å². The second-order valence-electron chi connectivity index (χ2n) is 8.12. The number of para-hydroxylation sites is 2. The van der Waals surface area contributed by atoms with E-state index in [9.17, 15) is 8.42 Å². The van der Waals surface area contributed by atoms with Gasteiger partial charge >= 0.3 is 0 Å². The van der Waals surface area contributed by atoms with E-state index in [2.05, 4.69) is 14.9 Å². The fourth-order valence-electron chi connectivity index (χ4n) is 3.37. The molecule has 0 spiro atoms. The topological polar surface area (TPSA) is 80.1 Å². The van der Waals surface area contributed by atoms with Crippen LogP contribution in [-0.2, 0) is 16.4 Å². The molecule has 4 rings (SSSR count). The summed E-state index contributed by atoms with van der Waals surface area (Å²) in [6.45, 7) is 1.90. The molecule has 0 bridgehead atoms. The molecule has 7 heteroatoms. The Morgan fingerprint density at radius 1 is 0.778 bits per heavy atom. The van der Waals surface area contributed by atoms with Gasteiger partial charge in [0.1, 0.15) is 11.5 Å². The molecule has 1 N–H and O–H groups in total. The van der Waals surface area contributed by atoms with Gasteiger partial charge in [0.15, 0.2) is 0 Å². The average Bonchev–Trinajstić information content (AvgIpc) is 2.90. The van der Waals surface area contributed by atoms with Crippen molar-refractivity contribution in [3.8, 4) is 5.75 Å². The van der Waals surface area contributed by atoms with E-state index in [1.54, 1.807) is 24.3 Å². The van der Waals surface area contributed by atoms with E-state index < -0.39 is 10.0 Å². The summed E-state index contributed by atoms with van der Waals surface area (Å²) in [5.74, 6) is 0.788. The van der Waals surface area contributed by atoms with Crippen molar-refractivity contribution in [2.24, 2.45) is 10.1 Å². The summed E-state index contributed by atoms with van der Waals surface area (Å²) >= 11 is 0. The molecule has 0 radical (unpaired) electrons. The quantitative estimate of drug-likeness (QED) is 0.173. The second kappa shape index (κ2) is 12.0. The monoisotopic (exact) mass is 497 g/mol. The number of benzene rings is 4. The molecular formula is C29H27N3O3S. The zero-order chi connectivity index (χ0) is 25.2. The second-order valence-corrected chi connectivity index (χ2v) is 9.78. The van der Waals surface area contributed by atoms with Crippen LogP contribution in [0.4, 0.5) is 5.69 Å². The van der Waals surface area contributed by atoms with Gasteiger partial charge in [-0.25, -0.2) is 4.99 Å². The highest BCUT2D eigenvalue weighted by atomic mass is 32.2. The maximum Gasteiger partial charge on any atom is 0.276 e. The Morgan fingerprint density at radius 2 is 1.36 bits per heavy atom. The molecule has 4 aromatic carbocycles. The Labute approximate surface area is 212 Å². The minimum Gasteiger partial charge on any atom is -0.437 e. The summed E-state index contributed by atoms with van der Waals surface area (Å²) in [7, 11) is -3.88. The molecule has 0 amide bonds. The van der Waals surface area contributed by atoms with Gasteiger partial charge in [0.25, 0.3) is 10.0 Å². The number of hydrogen-bond acceptors (Lipinski definition) is 5.